The minimum absolute atomic E-state index is 0.577. The summed E-state index contributed by atoms with van der Waals surface area (Å²) in [6.45, 7) is 0. The standard InChI is InChI=1S/C42H24N4O2/c1-3-11-27(12-4-1)39-44-40(46-41(45-39)31-17-9-15-25-10-7-8-16-30(25)31)29-19-18-26-20-22-34-36(32(26)24-29)37-35(47-34)23-21-33-38(37)48-42(43-33)28-13-5-2-6-14-28/h1-24H. The number of aromatic nitrogens is 4. The Balaban J connectivity index is 1.22. The average molecular weight is 617 g/mol. The molecule has 224 valence electrons. The first kappa shape index (κ1) is 26.5. The van der Waals surface area contributed by atoms with Gasteiger partial charge in [0.05, 0.1) is 5.39 Å². The summed E-state index contributed by atoms with van der Waals surface area (Å²) >= 11 is 0. The first-order valence-corrected chi connectivity index (χ1v) is 15.8. The van der Waals surface area contributed by atoms with Crippen molar-refractivity contribution in [2.75, 3.05) is 0 Å². The summed E-state index contributed by atoms with van der Waals surface area (Å²) in [5.41, 5.74) is 6.68. The highest BCUT2D eigenvalue weighted by molar-refractivity contribution is 6.25. The molecule has 0 aliphatic rings. The molecule has 48 heavy (non-hydrogen) atoms. The molecule has 3 aromatic heterocycles. The maximum atomic E-state index is 6.46. The fraction of sp³-hybridized carbons (Fsp3) is 0. The van der Waals surface area contributed by atoms with Crippen LogP contribution in [0.15, 0.2) is 154 Å². The molecule has 0 saturated heterocycles. The van der Waals surface area contributed by atoms with E-state index in [1.54, 1.807) is 0 Å². The molecule has 0 aliphatic heterocycles. The third-order valence-electron chi connectivity index (χ3n) is 8.95. The van der Waals surface area contributed by atoms with E-state index in [4.69, 9.17) is 28.8 Å². The Morgan fingerprint density at radius 1 is 0.396 bits per heavy atom. The van der Waals surface area contributed by atoms with Crippen LogP contribution < -0.4 is 0 Å². The van der Waals surface area contributed by atoms with Gasteiger partial charge in [-0.2, -0.15) is 0 Å². The van der Waals surface area contributed by atoms with E-state index < -0.39 is 0 Å². The van der Waals surface area contributed by atoms with Crippen molar-refractivity contribution in [3.63, 3.8) is 0 Å². The fourth-order valence-corrected chi connectivity index (χ4v) is 6.66. The third kappa shape index (κ3) is 4.20. The Kier molecular flexibility index (Phi) is 5.77. The molecule has 6 nitrogen and oxygen atoms in total. The highest BCUT2D eigenvalue weighted by Gasteiger charge is 2.20. The predicted molar refractivity (Wildman–Crippen MR) is 191 cm³/mol. The van der Waals surface area contributed by atoms with Crippen molar-refractivity contribution in [3.05, 3.63) is 146 Å². The van der Waals surface area contributed by atoms with E-state index in [0.29, 0.717) is 28.9 Å². The molecule has 0 aliphatic carbocycles. The molecule has 0 amide bonds. The van der Waals surface area contributed by atoms with E-state index in [0.717, 1.165) is 71.3 Å². The van der Waals surface area contributed by atoms with Crippen molar-refractivity contribution < 1.29 is 8.83 Å². The van der Waals surface area contributed by atoms with Gasteiger partial charge in [-0.1, -0.05) is 109 Å². The van der Waals surface area contributed by atoms with Gasteiger partial charge >= 0.3 is 0 Å². The number of nitrogens with zero attached hydrogens (tertiary/aromatic N) is 4. The average Bonchev–Trinajstić information content (AvgIpc) is 3.77. The molecule has 0 unspecified atom stereocenters. The lowest BCUT2D eigenvalue weighted by atomic mass is 10.0. The lowest BCUT2D eigenvalue weighted by Crippen LogP contribution is -2.00. The fourth-order valence-electron chi connectivity index (χ4n) is 6.66. The molecule has 0 fully saturated rings. The van der Waals surface area contributed by atoms with Gasteiger partial charge in [-0.15, -0.1) is 0 Å². The predicted octanol–water partition coefficient (Wildman–Crippen LogP) is 10.9. The molecule has 7 aromatic carbocycles. The molecule has 0 atom stereocenters. The van der Waals surface area contributed by atoms with Crippen molar-refractivity contribution in [1.29, 1.82) is 0 Å². The van der Waals surface area contributed by atoms with Gasteiger partial charge in [-0.3, -0.25) is 0 Å². The van der Waals surface area contributed by atoms with Crippen LogP contribution in [-0.4, -0.2) is 19.9 Å². The normalized spacial score (nSPS) is 11.8. The first-order chi connectivity index (χ1) is 23.8. The van der Waals surface area contributed by atoms with E-state index in [2.05, 4.69) is 48.5 Å². The van der Waals surface area contributed by atoms with Gasteiger partial charge in [0.25, 0.3) is 0 Å². The summed E-state index contributed by atoms with van der Waals surface area (Å²) < 4.78 is 12.9. The molecule has 0 radical (unpaired) electrons. The number of hydrogen-bond acceptors (Lipinski definition) is 6. The number of hydrogen-bond donors (Lipinski definition) is 0. The smallest absolute Gasteiger partial charge is 0.227 e. The van der Waals surface area contributed by atoms with Gasteiger partial charge in [0.1, 0.15) is 16.7 Å². The van der Waals surface area contributed by atoms with Gasteiger partial charge in [0.2, 0.25) is 5.89 Å². The van der Waals surface area contributed by atoms with Crippen LogP contribution in [0.1, 0.15) is 0 Å². The molecular weight excluding hydrogens is 592 g/mol. The molecule has 10 rings (SSSR count). The summed E-state index contributed by atoms with van der Waals surface area (Å²) in [5.74, 6) is 2.41. The number of rotatable bonds is 4. The Morgan fingerprint density at radius 3 is 1.90 bits per heavy atom. The summed E-state index contributed by atoms with van der Waals surface area (Å²) in [6, 6.07) is 48.9. The number of fused-ring (bicyclic) bond motifs is 8. The van der Waals surface area contributed by atoms with Crippen LogP contribution in [0.3, 0.4) is 0 Å². The zero-order valence-electron chi connectivity index (χ0n) is 25.5. The van der Waals surface area contributed by atoms with Crippen molar-refractivity contribution in [3.8, 4) is 45.6 Å². The van der Waals surface area contributed by atoms with E-state index in [1.807, 2.05) is 97.1 Å². The van der Waals surface area contributed by atoms with Gasteiger partial charge in [-0.25, -0.2) is 19.9 Å². The third-order valence-corrected chi connectivity index (χ3v) is 8.95. The van der Waals surface area contributed by atoms with Crippen LogP contribution in [0.4, 0.5) is 0 Å². The molecule has 0 bridgehead atoms. The largest absolute Gasteiger partial charge is 0.456 e. The SMILES string of the molecule is c1ccc(-c2nc(-c3ccc4ccc5oc6ccc7nc(-c8ccccc8)oc7c6c5c4c3)nc(-c3cccc4ccccc34)n2)cc1. The van der Waals surface area contributed by atoms with E-state index in [1.165, 1.54) is 0 Å². The van der Waals surface area contributed by atoms with Crippen LogP contribution in [-0.2, 0) is 0 Å². The Labute approximate surface area is 274 Å². The van der Waals surface area contributed by atoms with E-state index in [9.17, 15) is 0 Å². The molecular formula is C42H24N4O2. The summed E-state index contributed by atoms with van der Waals surface area (Å²) in [5, 5.41) is 6.18. The van der Waals surface area contributed by atoms with E-state index >= 15 is 0 Å². The second-order valence-electron chi connectivity index (χ2n) is 11.8. The zero-order valence-corrected chi connectivity index (χ0v) is 25.5. The Morgan fingerprint density at radius 2 is 1.04 bits per heavy atom. The Hall–Kier alpha value is -6.66. The van der Waals surface area contributed by atoms with Gasteiger partial charge in [0, 0.05) is 27.6 Å². The second kappa shape index (κ2) is 10.4. The van der Waals surface area contributed by atoms with Crippen LogP contribution in [0, 0.1) is 0 Å². The lowest BCUT2D eigenvalue weighted by molar-refractivity contribution is 0.622. The molecule has 0 saturated carbocycles. The van der Waals surface area contributed by atoms with Gasteiger partial charge in [-0.05, 0) is 57.9 Å². The molecule has 6 heteroatoms. The molecule has 3 heterocycles. The molecule has 0 spiro atoms. The van der Waals surface area contributed by atoms with Gasteiger partial charge in [0.15, 0.2) is 23.1 Å². The second-order valence-corrected chi connectivity index (χ2v) is 11.8. The minimum Gasteiger partial charge on any atom is -0.456 e. The highest BCUT2D eigenvalue weighted by atomic mass is 16.4. The maximum absolute atomic E-state index is 6.46. The quantitative estimate of drug-likeness (QED) is 0.196. The zero-order chi connectivity index (χ0) is 31.6. The van der Waals surface area contributed by atoms with E-state index in [-0.39, 0.29) is 0 Å². The first-order valence-electron chi connectivity index (χ1n) is 15.8. The minimum atomic E-state index is 0.577. The summed E-state index contributed by atoms with van der Waals surface area (Å²) in [7, 11) is 0. The summed E-state index contributed by atoms with van der Waals surface area (Å²) in [4.78, 5) is 20.0. The van der Waals surface area contributed by atoms with Crippen LogP contribution in [0.5, 0.6) is 0 Å². The Bertz CT molecular complexity index is 2830. The molecule has 10 aromatic rings. The monoisotopic (exact) mass is 616 g/mol. The van der Waals surface area contributed by atoms with Crippen LogP contribution >= 0.6 is 0 Å². The van der Waals surface area contributed by atoms with Crippen molar-refractivity contribution in [2.45, 2.75) is 0 Å². The molecule has 0 N–H and O–H groups in total. The van der Waals surface area contributed by atoms with Crippen molar-refractivity contribution in [2.24, 2.45) is 0 Å². The van der Waals surface area contributed by atoms with Gasteiger partial charge < -0.3 is 8.83 Å². The lowest BCUT2D eigenvalue weighted by Gasteiger charge is -2.11. The maximum Gasteiger partial charge on any atom is 0.227 e. The number of oxazole rings is 1. The topological polar surface area (TPSA) is 77.8 Å². The number of benzene rings is 7. The summed E-state index contributed by atoms with van der Waals surface area (Å²) in [6.07, 6.45) is 0. The van der Waals surface area contributed by atoms with Crippen molar-refractivity contribution in [1.82, 2.24) is 19.9 Å². The number of furan rings is 1. The van der Waals surface area contributed by atoms with Crippen LogP contribution in [0.25, 0.3) is 100 Å². The highest BCUT2D eigenvalue weighted by Crippen LogP contribution is 2.41. The van der Waals surface area contributed by atoms with Crippen molar-refractivity contribution >= 4 is 54.6 Å². The van der Waals surface area contributed by atoms with Crippen LogP contribution in [0.2, 0.25) is 0 Å².